The van der Waals surface area contributed by atoms with Crippen LogP contribution in [0.1, 0.15) is 52.0 Å². The molecule has 2 atom stereocenters. The fourth-order valence-electron chi connectivity index (χ4n) is 4.86. The summed E-state index contributed by atoms with van der Waals surface area (Å²) in [6, 6.07) is 11.6. The average molecular weight is 504 g/mol. The maximum absolute atomic E-state index is 12.9. The number of allylic oxidation sites excluding steroid dienone is 2. The second-order valence-corrected chi connectivity index (χ2v) is 10.2. The predicted octanol–water partition coefficient (Wildman–Crippen LogP) is 4.53. The topological polar surface area (TPSA) is 145 Å². The first-order valence-corrected chi connectivity index (χ1v) is 12.3. The van der Waals surface area contributed by atoms with E-state index in [1.807, 2.05) is 0 Å². The Hall–Kier alpha value is -4.16. The second kappa shape index (κ2) is 10.8. The fourth-order valence-corrected chi connectivity index (χ4v) is 4.86. The first-order chi connectivity index (χ1) is 17.6. The summed E-state index contributed by atoms with van der Waals surface area (Å²) in [7, 11) is 1.52. The van der Waals surface area contributed by atoms with Crippen molar-refractivity contribution in [2.45, 2.75) is 52.1 Å². The third kappa shape index (κ3) is 5.20. The van der Waals surface area contributed by atoms with Crippen LogP contribution in [-0.2, 0) is 4.74 Å². The van der Waals surface area contributed by atoms with E-state index in [0.29, 0.717) is 29.2 Å². The molecule has 0 radical (unpaired) electrons. The number of hydrogen-bond acceptors (Lipinski definition) is 8. The van der Waals surface area contributed by atoms with Crippen LogP contribution >= 0.6 is 0 Å². The van der Waals surface area contributed by atoms with Crippen LogP contribution in [0.15, 0.2) is 41.1 Å². The number of fused-ring (bicyclic) bond motifs is 1. The number of amides is 1. The standard InChI is InChI=1S/C28H33N5O4/c1-6-7-12-36-22-9-8-18(13-23(22)35-5)24-21-15-33(26(34)37-27(2,3)4)11-10-19(21)20(14-29)25(32)28(24,16-30)17-31/h8-10,13,21,24H,6-7,11-12,15,32H2,1-5H3/t21-,24-/m1/s1. The van der Waals surface area contributed by atoms with Crippen LogP contribution in [0.4, 0.5) is 4.79 Å². The molecular weight excluding hydrogens is 470 g/mol. The number of rotatable bonds is 6. The lowest BCUT2D eigenvalue weighted by atomic mass is 9.58. The number of ether oxygens (including phenoxy) is 3. The minimum atomic E-state index is -1.83. The van der Waals surface area contributed by atoms with E-state index in [0.717, 1.165) is 12.8 Å². The van der Waals surface area contributed by atoms with Gasteiger partial charge in [-0.1, -0.05) is 25.5 Å². The molecule has 0 fully saturated rings. The molecule has 3 rings (SSSR count). The summed E-state index contributed by atoms with van der Waals surface area (Å²) in [6.45, 7) is 8.30. The molecule has 0 saturated heterocycles. The normalized spacial score (nSPS) is 20.5. The van der Waals surface area contributed by atoms with Gasteiger partial charge in [-0.2, -0.15) is 15.8 Å². The zero-order valence-electron chi connectivity index (χ0n) is 22.0. The summed E-state index contributed by atoms with van der Waals surface area (Å²) in [4.78, 5) is 14.4. The van der Waals surface area contributed by atoms with Crippen molar-refractivity contribution in [3.05, 3.63) is 46.7 Å². The van der Waals surface area contributed by atoms with Crippen molar-refractivity contribution in [1.29, 1.82) is 15.8 Å². The monoisotopic (exact) mass is 503 g/mol. The van der Waals surface area contributed by atoms with Crippen molar-refractivity contribution >= 4 is 6.09 Å². The highest BCUT2D eigenvalue weighted by Gasteiger charge is 2.55. The predicted molar refractivity (Wildman–Crippen MR) is 136 cm³/mol. The summed E-state index contributed by atoms with van der Waals surface area (Å²) in [5.74, 6) is -0.336. The summed E-state index contributed by atoms with van der Waals surface area (Å²) < 4.78 is 17.0. The van der Waals surface area contributed by atoms with E-state index < -0.39 is 28.9 Å². The number of benzene rings is 1. The van der Waals surface area contributed by atoms with Crippen molar-refractivity contribution in [3.63, 3.8) is 0 Å². The molecule has 0 saturated carbocycles. The molecule has 0 spiro atoms. The quantitative estimate of drug-likeness (QED) is 0.557. The number of nitriles is 3. The summed E-state index contributed by atoms with van der Waals surface area (Å²) in [6.07, 6.45) is 3.11. The van der Waals surface area contributed by atoms with E-state index in [9.17, 15) is 20.6 Å². The summed E-state index contributed by atoms with van der Waals surface area (Å²) in [5.41, 5.74) is 5.13. The van der Waals surface area contributed by atoms with E-state index in [2.05, 4.69) is 25.1 Å². The molecule has 194 valence electrons. The summed E-state index contributed by atoms with van der Waals surface area (Å²) >= 11 is 0. The Kier molecular flexibility index (Phi) is 8.04. The van der Waals surface area contributed by atoms with Crippen molar-refractivity contribution in [2.75, 3.05) is 26.8 Å². The van der Waals surface area contributed by atoms with Gasteiger partial charge in [0.25, 0.3) is 0 Å². The zero-order chi connectivity index (χ0) is 27.4. The summed E-state index contributed by atoms with van der Waals surface area (Å²) in [5, 5.41) is 30.6. The Balaban J connectivity index is 2.16. The van der Waals surface area contributed by atoms with E-state index >= 15 is 0 Å². The van der Waals surface area contributed by atoms with Crippen LogP contribution in [0.3, 0.4) is 0 Å². The molecule has 0 aromatic heterocycles. The highest BCUT2D eigenvalue weighted by Crippen LogP contribution is 2.55. The molecule has 1 aromatic rings. The van der Waals surface area contributed by atoms with Gasteiger partial charge in [0.15, 0.2) is 16.9 Å². The number of unbranched alkanes of at least 4 members (excludes halogenated alkanes) is 1. The Morgan fingerprint density at radius 2 is 1.92 bits per heavy atom. The minimum Gasteiger partial charge on any atom is -0.493 e. The van der Waals surface area contributed by atoms with E-state index in [-0.39, 0.29) is 24.4 Å². The minimum absolute atomic E-state index is 0.0829. The Bertz CT molecular complexity index is 1220. The van der Waals surface area contributed by atoms with Crippen molar-refractivity contribution in [3.8, 4) is 29.7 Å². The Morgan fingerprint density at radius 3 is 2.49 bits per heavy atom. The third-order valence-electron chi connectivity index (χ3n) is 6.62. The zero-order valence-corrected chi connectivity index (χ0v) is 22.0. The molecule has 37 heavy (non-hydrogen) atoms. The first-order valence-electron chi connectivity index (χ1n) is 12.3. The molecule has 1 aliphatic heterocycles. The highest BCUT2D eigenvalue weighted by molar-refractivity contribution is 5.70. The number of methoxy groups -OCH3 is 1. The Labute approximate surface area is 218 Å². The van der Waals surface area contributed by atoms with Gasteiger partial charge in [-0.05, 0) is 50.5 Å². The van der Waals surface area contributed by atoms with E-state index in [1.54, 1.807) is 45.0 Å². The van der Waals surface area contributed by atoms with Crippen LogP contribution in [0.2, 0.25) is 0 Å². The number of nitrogens with zero attached hydrogens (tertiary/aromatic N) is 4. The number of carbonyl (C=O) groups excluding carboxylic acids is 1. The highest BCUT2D eigenvalue weighted by atomic mass is 16.6. The van der Waals surface area contributed by atoms with Gasteiger partial charge >= 0.3 is 6.09 Å². The lowest BCUT2D eigenvalue weighted by Gasteiger charge is -2.45. The van der Waals surface area contributed by atoms with Crippen molar-refractivity contribution < 1.29 is 19.0 Å². The molecule has 1 aliphatic carbocycles. The molecule has 0 unspecified atom stereocenters. The van der Waals surface area contributed by atoms with E-state index in [1.165, 1.54) is 12.0 Å². The number of hydrogen-bond donors (Lipinski definition) is 1. The molecule has 0 bridgehead atoms. The Morgan fingerprint density at radius 1 is 1.22 bits per heavy atom. The molecule has 1 amide bonds. The molecule has 2 N–H and O–H groups in total. The molecule has 9 nitrogen and oxygen atoms in total. The number of carbonyl (C=O) groups is 1. The third-order valence-corrected chi connectivity index (χ3v) is 6.62. The molecule has 2 aliphatic rings. The van der Waals surface area contributed by atoms with Crippen LogP contribution in [0.5, 0.6) is 11.5 Å². The van der Waals surface area contributed by atoms with Crippen molar-refractivity contribution in [2.24, 2.45) is 17.1 Å². The lowest BCUT2D eigenvalue weighted by Crippen LogP contribution is -2.50. The second-order valence-electron chi connectivity index (χ2n) is 10.2. The molecule has 1 heterocycles. The first kappa shape index (κ1) is 27.4. The number of nitrogens with two attached hydrogens (primary N) is 1. The fraction of sp³-hybridized carbons (Fsp3) is 0.500. The van der Waals surface area contributed by atoms with Crippen LogP contribution in [0.25, 0.3) is 0 Å². The largest absolute Gasteiger partial charge is 0.493 e. The van der Waals surface area contributed by atoms with E-state index in [4.69, 9.17) is 19.9 Å². The van der Waals surface area contributed by atoms with Gasteiger partial charge in [0.1, 0.15) is 11.7 Å². The van der Waals surface area contributed by atoms with Gasteiger partial charge in [0.2, 0.25) is 0 Å². The lowest BCUT2D eigenvalue weighted by molar-refractivity contribution is 0.0224. The smallest absolute Gasteiger partial charge is 0.410 e. The van der Waals surface area contributed by atoms with Gasteiger partial charge in [-0.3, -0.25) is 0 Å². The SMILES string of the molecule is CCCCOc1ccc([C@@H]2[C@@H]3CN(C(=O)OC(C)(C)C)CC=C3C(C#N)=C(N)C2(C#N)C#N)cc1OC. The van der Waals surface area contributed by atoms with Crippen LogP contribution in [-0.4, -0.2) is 43.4 Å². The van der Waals surface area contributed by atoms with Crippen LogP contribution < -0.4 is 15.2 Å². The maximum Gasteiger partial charge on any atom is 0.410 e. The van der Waals surface area contributed by atoms with Gasteiger partial charge < -0.3 is 24.8 Å². The van der Waals surface area contributed by atoms with Gasteiger partial charge in [0, 0.05) is 24.9 Å². The van der Waals surface area contributed by atoms with Gasteiger partial charge in [-0.25, -0.2) is 4.79 Å². The molecular formula is C28H33N5O4. The van der Waals surface area contributed by atoms with Crippen molar-refractivity contribution in [1.82, 2.24) is 4.90 Å². The van der Waals surface area contributed by atoms with Gasteiger partial charge in [0.05, 0.1) is 37.1 Å². The van der Waals surface area contributed by atoms with Gasteiger partial charge in [-0.15, -0.1) is 0 Å². The molecule has 9 heteroatoms. The maximum atomic E-state index is 12.9. The van der Waals surface area contributed by atoms with Crippen LogP contribution in [0, 0.1) is 45.3 Å². The average Bonchev–Trinajstić information content (AvgIpc) is 2.87. The molecule has 1 aromatic carbocycles.